The van der Waals surface area contributed by atoms with Gasteiger partial charge in [-0.1, -0.05) is 58.6 Å². The van der Waals surface area contributed by atoms with Crippen LogP contribution in [0.4, 0.5) is 0 Å². The Balaban J connectivity index is 1.36. The maximum absolute atomic E-state index is 12.7. The van der Waals surface area contributed by atoms with Gasteiger partial charge in [-0.25, -0.2) is 0 Å². The molecule has 38 heavy (non-hydrogen) atoms. The molecule has 3 heteroatoms. The van der Waals surface area contributed by atoms with Crippen molar-refractivity contribution in [2.24, 2.45) is 46.8 Å². The highest BCUT2D eigenvalue weighted by atomic mass is 16.5. The van der Waals surface area contributed by atoms with Crippen molar-refractivity contribution in [1.82, 2.24) is 0 Å². The maximum Gasteiger partial charge on any atom is 0.306 e. The highest BCUT2D eigenvalue weighted by Gasteiger charge is 2.55. The highest BCUT2D eigenvalue weighted by Crippen LogP contribution is 2.64. The fourth-order valence-electron chi connectivity index (χ4n) is 9.76. The molecule has 8 atom stereocenters. The Morgan fingerprint density at radius 2 is 1.79 bits per heavy atom. The van der Waals surface area contributed by atoms with Gasteiger partial charge in [-0.05, 0) is 125 Å². The van der Waals surface area contributed by atoms with Gasteiger partial charge in [0.1, 0.15) is 6.10 Å². The number of carbonyl (C=O) groups excluding carboxylic acids is 1. The van der Waals surface area contributed by atoms with Crippen LogP contribution in [0.25, 0.3) is 0 Å². The molecule has 3 nitrogen and oxygen atoms in total. The summed E-state index contributed by atoms with van der Waals surface area (Å²) in [4.78, 5) is 12.7. The lowest BCUT2D eigenvalue weighted by Gasteiger charge is -2.57. The van der Waals surface area contributed by atoms with Gasteiger partial charge in [0.25, 0.3) is 0 Å². The van der Waals surface area contributed by atoms with Gasteiger partial charge in [0.2, 0.25) is 0 Å². The number of allylic oxidation sites excluding steroid dienone is 1. The number of ether oxygens (including phenoxy) is 2. The SMILES string of the molecule is CCOC(C)(C)CCC(=O)O[C@H]1CC[C@@]2(CC)C(=CCC3C4CC[C@H](C(C)CCCC(C)C)C4CCC32)C1. The molecule has 0 bridgehead atoms. The molecule has 0 saturated heterocycles. The van der Waals surface area contributed by atoms with E-state index < -0.39 is 0 Å². The van der Waals surface area contributed by atoms with Crippen LogP contribution in [0.2, 0.25) is 0 Å². The molecule has 4 aliphatic carbocycles. The quantitative estimate of drug-likeness (QED) is 0.187. The Morgan fingerprint density at radius 1 is 1.03 bits per heavy atom. The predicted molar refractivity (Wildman–Crippen MR) is 158 cm³/mol. The van der Waals surface area contributed by atoms with Crippen molar-refractivity contribution < 1.29 is 14.3 Å². The molecule has 3 saturated carbocycles. The van der Waals surface area contributed by atoms with E-state index in [1.165, 1.54) is 64.2 Å². The van der Waals surface area contributed by atoms with Crippen molar-refractivity contribution >= 4 is 5.97 Å². The first-order valence-corrected chi connectivity index (χ1v) is 16.6. The van der Waals surface area contributed by atoms with Crippen molar-refractivity contribution in [3.05, 3.63) is 11.6 Å². The molecular weight excluding hydrogens is 468 g/mol. The third-order valence-electron chi connectivity index (χ3n) is 11.7. The third kappa shape index (κ3) is 6.55. The van der Waals surface area contributed by atoms with Crippen LogP contribution in [0.5, 0.6) is 0 Å². The van der Waals surface area contributed by atoms with E-state index in [2.05, 4.69) is 47.6 Å². The number of esters is 1. The van der Waals surface area contributed by atoms with Crippen LogP contribution in [-0.2, 0) is 14.3 Å². The molecule has 0 aromatic heterocycles. The van der Waals surface area contributed by atoms with E-state index in [-0.39, 0.29) is 17.7 Å². The van der Waals surface area contributed by atoms with E-state index >= 15 is 0 Å². The smallest absolute Gasteiger partial charge is 0.306 e. The van der Waals surface area contributed by atoms with Gasteiger partial charge in [-0.3, -0.25) is 4.79 Å². The lowest BCUT2D eigenvalue weighted by molar-refractivity contribution is -0.153. The van der Waals surface area contributed by atoms with Crippen LogP contribution in [0, 0.1) is 46.8 Å². The zero-order valence-electron chi connectivity index (χ0n) is 26.0. The number of rotatable bonds is 12. The van der Waals surface area contributed by atoms with Gasteiger partial charge in [-0.15, -0.1) is 0 Å². The summed E-state index contributed by atoms with van der Waals surface area (Å²) in [6.07, 6.45) is 19.8. The van der Waals surface area contributed by atoms with Gasteiger partial charge < -0.3 is 9.47 Å². The first kappa shape index (κ1) is 30.1. The molecule has 0 N–H and O–H groups in total. The van der Waals surface area contributed by atoms with E-state index in [1.54, 1.807) is 5.57 Å². The zero-order chi connectivity index (χ0) is 27.5. The first-order chi connectivity index (χ1) is 18.1. The van der Waals surface area contributed by atoms with Crippen molar-refractivity contribution in [2.45, 2.75) is 150 Å². The minimum Gasteiger partial charge on any atom is -0.462 e. The summed E-state index contributed by atoms with van der Waals surface area (Å²) in [6.45, 7) is 16.6. The summed E-state index contributed by atoms with van der Waals surface area (Å²) < 4.78 is 11.8. The molecule has 0 aromatic carbocycles. The van der Waals surface area contributed by atoms with Crippen molar-refractivity contribution in [3.63, 3.8) is 0 Å². The van der Waals surface area contributed by atoms with Gasteiger partial charge in [0.05, 0.1) is 5.60 Å². The Morgan fingerprint density at radius 3 is 2.50 bits per heavy atom. The predicted octanol–water partition coefficient (Wildman–Crippen LogP) is 9.53. The lowest BCUT2D eigenvalue weighted by atomic mass is 9.48. The summed E-state index contributed by atoms with van der Waals surface area (Å²) in [6, 6.07) is 0. The van der Waals surface area contributed by atoms with E-state index in [1.807, 2.05) is 6.92 Å². The van der Waals surface area contributed by atoms with Crippen LogP contribution < -0.4 is 0 Å². The molecule has 218 valence electrons. The molecule has 3 fully saturated rings. The normalized spacial score (nSPS) is 35.7. The summed E-state index contributed by atoms with van der Waals surface area (Å²) in [7, 11) is 0. The van der Waals surface area contributed by atoms with E-state index in [4.69, 9.17) is 9.47 Å². The second kappa shape index (κ2) is 12.8. The standard InChI is InChI=1S/C35H60O3/c1-8-35-22-19-27(38-33(36)20-21-34(6,7)37-9-2)23-26(35)13-14-31-30-16-15-28(29(30)17-18-32(31)35)25(5)12-10-11-24(3)4/h13,24-25,27-32H,8-12,14-23H2,1-7H3/t25?,27-,28+,29?,30?,31?,32?,35-/m0/s1. The number of hydrogen-bond donors (Lipinski definition) is 0. The van der Waals surface area contributed by atoms with Crippen molar-refractivity contribution in [3.8, 4) is 0 Å². The van der Waals surface area contributed by atoms with Gasteiger partial charge in [0, 0.05) is 19.4 Å². The van der Waals surface area contributed by atoms with E-state index in [0.717, 1.165) is 60.7 Å². The molecule has 0 heterocycles. The van der Waals surface area contributed by atoms with Gasteiger partial charge in [0.15, 0.2) is 0 Å². The average Bonchev–Trinajstić information content (AvgIpc) is 3.31. The van der Waals surface area contributed by atoms with Gasteiger partial charge >= 0.3 is 5.97 Å². The van der Waals surface area contributed by atoms with Crippen LogP contribution in [-0.4, -0.2) is 24.3 Å². The fourth-order valence-corrected chi connectivity index (χ4v) is 9.76. The fraction of sp³-hybridized carbons (Fsp3) is 0.914. The van der Waals surface area contributed by atoms with Crippen LogP contribution >= 0.6 is 0 Å². The van der Waals surface area contributed by atoms with Crippen molar-refractivity contribution in [2.75, 3.05) is 6.61 Å². The minimum atomic E-state index is -0.261. The summed E-state index contributed by atoms with van der Waals surface area (Å²) in [5.74, 6) is 6.36. The maximum atomic E-state index is 12.7. The van der Waals surface area contributed by atoms with Crippen LogP contribution in [0.1, 0.15) is 138 Å². The largest absolute Gasteiger partial charge is 0.462 e. The molecule has 4 aliphatic rings. The molecule has 0 spiro atoms. The third-order valence-corrected chi connectivity index (χ3v) is 11.7. The summed E-state index contributed by atoms with van der Waals surface area (Å²) >= 11 is 0. The first-order valence-electron chi connectivity index (χ1n) is 16.6. The van der Waals surface area contributed by atoms with E-state index in [0.29, 0.717) is 18.4 Å². The van der Waals surface area contributed by atoms with E-state index in [9.17, 15) is 4.79 Å². The van der Waals surface area contributed by atoms with Crippen LogP contribution in [0.15, 0.2) is 11.6 Å². The minimum absolute atomic E-state index is 0.0407. The number of carbonyl (C=O) groups is 1. The zero-order valence-corrected chi connectivity index (χ0v) is 26.0. The Hall–Kier alpha value is -0.830. The number of hydrogen-bond acceptors (Lipinski definition) is 3. The van der Waals surface area contributed by atoms with Gasteiger partial charge in [-0.2, -0.15) is 0 Å². The topological polar surface area (TPSA) is 35.5 Å². The monoisotopic (exact) mass is 528 g/mol. The average molecular weight is 529 g/mol. The molecule has 0 radical (unpaired) electrons. The molecule has 5 unspecified atom stereocenters. The van der Waals surface area contributed by atoms with Crippen LogP contribution in [0.3, 0.4) is 0 Å². The lowest BCUT2D eigenvalue weighted by Crippen LogP contribution is -2.49. The Bertz CT molecular complexity index is 812. The Kier molecular flexibility index (Phi) is 10.1. The molecule has 0 amide bonds. The molecule has 4 rings (SSSR count). The summed E-state index contributed by atoms with van der Waals surface area (Å²) in [5.41, 5.74) is 1.76. The highest BCUT2D eigenvalue weighted by molar-refractivity contribution is 5.69. The second-order valence-electron chi connectivity index (χ2n) is 14.7. The molecule has 0 aliphatic heterocycles. The molecule has 0 aromatic rings. The molecular formula is C35H60O3. The second-order valence-corrected chi connectivity index (χ2v) is 14.7. The number of fused-ring (bicyclic) bond motifs is 5. The van der Waals surface area contributed by atoms with Crippen molar-refractivity contribution in [1.29, 1.82) is 0 Å². The summed E-state index contributed by atoms with van der Waals surface area (Å²) in [5, 5.41) is 0. The Labute approximate surface area is 235 Å².